The SMILES string of the molecule is CCNC(=O)C[NH+](CC)CC(=O)N1CCC[C@@H]1c1cc(OC)ccc1OC. The summed E-state index contributed by atoms with van der Waals surface area (Å²) in [4.78, 5) is 27.7. The molecule has 1 aliphatic heterocycles. The summed E-state index contributed by atoms with van der Waals surface area (Å²) < 4.78 is 10.9. The molecule has 150 valence electrons. The van der Waals surface area contributed by atoms with E-state index >= 15 is 0 Å². The fourth-order valence-electron chi connectivity index (χ4n) is 3.60. The molecular formula is C20H32N3O4+. The van der Waals surface area contributed by atoms with Crippen LogP contribution in [0.15, 0.2) is 18.2 Å². The van der Waals surface area contributed by atoms with Gasteiger partial charge in [-0.05, 0) is 44.9 Å². The Balaban J connectivity index is 2.13. The molecule has 2 atom stereocenters. The summed E-state index contributed by atoms with van der Waals surface area (Å²) in [6.45, 7) is 6.58. The molecule has 27 heavy (non-hydrogen) atoms. The molecule has 1 aromatic rings. The summed E-state index contributed by atoms with van der Waals surface area (Å²) >= 11 is 0. The van der Waals surface area contributed by atoms with Crippen LogP contribution < -0.4 is 19.7 Å². The van der Waals surface area contributed by atoms with Gasteiger partial charge in [0, 0.05) is 18.7 Å². The second kappa shape index (κ2) is 10.2. The molecule has 1 aliphatic rings. The number of quaternary nitrogens is 1. The predicted molar refractivity (Wildman–Crippen MR) is 103 cm³/mol. The molecular weight excluding hydrogens is 346 g/mol. The van der Waals surface area contributed by atoms with Crippen LogP contribution in [-0.4, -0.2) is 63.7 Å². The van der Waals surface area contributed by atoms with E-state index in [2.05, 4.69) is 5.32 Å². The number of carbonyl (C=O) groups is 2. The summed E-state index contributed by atoms with van der Waals surface area (Å²) in [5.41, 5.74) is 0.976. The number of likely N-dealkylation sites (tertiary alicyclic amines) is 1. The minimum atomic E-state index is -0.0230. The van der Waals surface area contributed by atoms with E-state index in [-0.39, 0.29) is 17.9 Å². The molecule has 7 heteroatoms. The monoisotopic (exact) mass is 378 g/mol. The zero-order chi connectivity index (χ0) is 19.8. The van der Waals surface area contributed by atoms with E-state index in [1.54, 1.807) is 14.2 Å². The molecule has 0 radical (unpaired) electrons. The zero-order valence-electron chi connectivity index (χ0n) is 16.8. The lowest BCUT2D eigenvalue weighted by Gasteiger charge is -2.28. The smallest absolute Gasteiger partial charge is 0.278 e. The lowest BCUT2D eigenvalue weighted by molar-refractivity contribution is -0.882. The van der Waals surface area contributed by atoms with E-state index < -0.39 is 0 Å². The van der Waals surface area contributed by atoms with Crippen molar-refractivity contribution in [2.75, 3.05) is 46.9 Å². The second-order valence-corrected chi connectivity index (χ2v) is 6.76. The van der Waals surface area contributed by atoms with Crippen molar-refractivity contribution in [2.45, 2.75) is 32.7 Å². The number of hydrogen-bond donors (Lipinski definition) is 2. The Bertz CT molecular complexity index is 650. The molecule has 1 fully saturated rings. The molecule has 1 heterocycles. The van der Waals surface area contributed by atoms with Gasteiger partial charge in [0.25, 0.3) is 11.8 Å². The first-order valence-electron chi connectivity index (χ1n) is 9.65. The summed E-state index contributed by atoms with van der Waals surface area (Å²) in [5.74, 6) is 1.57. The van der Waals surface area contributed by atoms with Gasteiger partial charge >= 0.3 is 0 Å². The molecule has 0 bridgehead atoms. The summed E-state index contributed by atoms with van der Waals surface area (Å²) in [7, 11) is 3.27. The molecule has 0 aromatic heterocycles. The molecule has 0 spiro atoms. The number of methoxy groups -OCH3 is 2. The normalized spacial score (nSPS) is 17.5. The quantitative estimate of drug-likeness (QED) is 0.653. The third-order valence-electron chi connectivity index (χ3n) is 5.05. The molecule has 7 nitrogen and oxygen atoms in total. The van der Waals surface area contributed by atoms with Crippen molar-refractivity contribution < 1.29 is 24.0 Å². The predicted octanol–water partition coefficient (Wildman–Crippen LogP) is 0.408. The number of ether oxygens (including phenoxy) is 2. The van der Waals surface area contributed by atoms with Crippen molar-refractivity contribution in [3.8, 4) is 11.5 Å². The topological polar surface area (TPSA) is 72.3 Å². The van der Waals surface area contributed by atoms with Gasteiger partial charge in [-0.3, -0.25) is 9.59 Å². The Hall–Kier alpha value is -2.28. The Morgan fingerprint density at radius 3 is 2.63 bits per heavy atom. The van der Waals surface area contributed by atoms with E-state index in [0.29, 0.717) is 19.6 Å². The second-order valence-electron chi connectivity index (χ2n) is 6.76. The van der Waals surface area contributed by atoms with Crippen molar-refractivity contribution in [1.29, 1.82) is 0 Å². The minimum absolute atomic E-state index is 0.0189. The van der Waals surface area contributed by atoms with Gasteiger partial charge in [-0.2, -0.15) is 0 Å². The van der Waals surface area contributed by atoms with Crippen LogP contribution in [0.5, 0.6) is 11.5 Å². The van der Waals surface area contributed by atoms with E-state index in [4.69, 9.17) is 9.47 Å². The van der Waals surface area contributed by atoms with Crippen LogP contribution in [0.2, 0.25) is 0 Å². The lowest BCUT2D eigenvalue weighted by Crippen LogP contribution is -3.14. The van der Waals surface area contributed by atoms with Gasteiger partial charge in [0.2, 0.25) is 0 Å². The third kappa shape index (κ3) is 5.35. The first-order chi connectivity index (χ1) is 13.0. The van der Waals surface area contributed by atoms with Crippen molar-refractivity contribution >= 4 is 11.8 Å². The minimum Gasteiger partial charge on any atom is -0.497 e. The van der Waals surface area contributed by atoms with Crippen LogP contribution in [0.4, 0.5) is 0 Å². The number of rotatable bonds is 9. The van der Waals surface area contributed by atoms with Gasteiger partial charge in [-0.15, -0.1) is 0 Å². The Kier molecular flexibility index (Phi) is 7.91. The first-order valence-corrected chi connectivity index (χ1v) is 9.65. The summed E-state index contributed by atoms with van der Waals surface area (Å²) in [5, 5.41) is 2.80. The highest BCUT2D eigenvalue weighted by atomic mass is 16.5. The number of carbonyl (C=O) groups excluding carboxylic acids is 2. The Morgan fingerprint density at radius 2 is 2.00 bits per heavy atom. The van der Waals surface area contributed by atoms with Crippen LogP contribution in [0.3, 0.4) is 0 Å². The Labute approximate surface area is 161 Å². The first kappa shape index (κ1) is 21.0. The van der Waals surface area contributed by atoms with Gasteiger partial charge < -0.3 is 24.6 Å². The molecule has 2 N–H and O–H groups in total. The fourth-order valence-corrected chi connectivity index (χ4v) is 3.60. The summed E-state index contributed by atoms with van der Waals surface area (Å²) in [6, 6.07) is 5.67. The average Bonchev–Trinajstić information content (AvgIpc) is 3.16. The van der Waals surface area contributed by atoms with Crippen LogP contribution in [0.25, 0.3) is 0 Å². The third-order valence-corrected chi connectivity index (χ3v) is 5.05. The molecule has 1 saturated heterocycles. The molecule has 0 saturated carbocycles. The highest BCUT2D eigenvalue weighted by Gasteiger charge is 2.33. The number of amides is 2. The highest BCUT2D eigenvalue weighted by Crippen LogP contribution is 2.38. The maximum atomic E-state index is 13.0. The summed E-state index contributed by atoms with van der Waals surface area (Å²) in [6.07, 6.45) is 1.85. The largest absolute Gasteiger partial charge is 0.497 e. The van der Waals surface area contributed by atoms with Crippen molar-refractivity contribution in [3.63, 3.8) is 0 Å². The molecule has 2 rings (SSSR count). The van der Waals surface area contributed by atoms with Gasteiger partial charge in [0.05, 0.1) is 26.8 Å². The van der Waals surface area contributed by atoms with Crippen molar-refractivity contribution in [1.82, 2.24) is 10.2 Å². The van der Waals surface area contributed by atoms with Gasteiger partial charge in [0.1, 0.15) is 11.5 Å². The average molecular weight is 378 g/mol. The maximum Gasteiger partial charge on any atom is 0.278 e. The molecule has 1 aromatic carbocycles. The van der Waals surface area contributed by atoms with Crippen molar-refractivity contribution in [3.05, 3.63) is 23.8 Å². The number of nitrogens with one attached hydrogen (secondary N) is 2. The van der Waals surface area contributed by atoms with Crippen LogP contribution in [-0.2, 0) is 9.59 Å². The zero-order valence-corrected chi connectivity index (χ0v) is 16.8. The number of benzene rings is 1. The lowest BCUT2D eigenvalue weighted by atomic mass is 10.0. The van der Waals surface area contributed by atoms with Gasteiger partial charge in [0.15, 0.2) is 13.1 Å². The fraction of sp³-hybridized carbons (Fsp3) is 0.600. The van der Waals surface area contributed by atoms with Gasteiger partial charge in [-0.1, -0.05) is 0 Å². The van der Waals surface area contributed by atoms with E-state index in [1.165, 1.54) is 0 Å². The molecule has 1 unspecified atom stereocenters. The van der Waals surface area contributed by atoms with Crippen molar-refractivity contribution in [2.24, 2.45) is 0 Å². The molecule has 0 aliphatic carbocycles. The number of nitrogens with zero attached hydrogens (tertiary/aromatic N) is 1. The van der Waals surface area contributed by atoms with Crippen LogP contribution in [0, 0.1) is 0 Å². The number of hydrogen-bond acceptors (Lipinski definition) is 4. The Morgan fingerprint density at radius 1 is 1.22 bits per heavy atom. The van der Waals surface area contributed by atoms with E-state index in [9.17, 15) is 9.59 Å². The van der Waals surface area contributed by atoms with Gasteiger partial charge in [-0.25, -0.2) is 0 Å². The van der Waals surface area contributed by atoms with Crippen LogP contribution in [0.1, 0.15) is 38.3 Å². The van der Waals surface area contributed by atoms with Crippen LogP contribution >= 0.6 is 0 Å². The number of likely N-dealkylation sites (N-methyl/N-ethyl adjacent to an activating group) is 2. The van der Waals surface area contributed by atoms with E-state index in [0.717, 1.165) is 47.9 Å². The highest BCUT2D eigenvalue weighted by molar-refractivity contribution is 5.79. The standard InChI is InChI=1S/C20H31N3O4/c1-5-21-19(24)13-22(6-2)14-20(25)23-11-7-8-17(23)16-12-15(26-3)9-10-18(16)27-4/h9-10,12,17H,5-8,11,13-14H2,1-4H3,(H,21,24)/p+1/t17-/m1/s1. The molecule has 2 amide bonds. The van der Waals surface area contributed by atoms with E-state index in [1.807, 2.05) is 36.9 Å². The maximum absolute atomic E-state index is 13.0.